The summed E-state index contributed by atoms with van der Waals surface area (Å²) in [7, 11) is 0. The minimum Gasteiger partial charge on any atom is -0.298 e. The molecule has 17 heavy (non-hydrogen) atoms. The van der Waals surface area contributed by atoms with Crippen LogP contribution in [0, 0.1) is 5.82 Å². The number of carbonyl (C=O) groups is 1. The highest BCUT2D eigenvalue weighted by Crippen LogP contribution is 2.26. The standard InChI is InChI=1S/C14H12FNO/c1-2-10-7-16-8-12(9-17)14(10)11-3-5-13(15)6-4-11/h3-9H,2H2,1H3. The quantitative estimate of drug-likeness (QED) is 0.756. The maximum Gasteiger partial charge on any atom is 0.152 e. The van der Waals surface area contributed by atoms with E-state index in [2.05, 4.69) is 4.98 Å². The number of carbonyl (C=O) groups excluding carboxylic acids is 1. The molecule has 0 aliphatic rings. The van der Waals surface area contributed by atoms with Crippen molar-refractivity contribution in [3.8, 4) is 11.1 Å². The second-order valence-electron chi connectivity index (χ2n) is 3.74. The van der Waals surface area contributed by atoms with Crippen molar-refractivity contribution in [1.29, 1.82) is 0 Å². The molecule has 0 unspecified atom stereocenters. The number of halogens is 1. The van der Waals surface area contributed by atoms with Crippen molar-refractivity contribution in [1.82, 2.24) is 4.98 Å². The van der Waals surface area contributed by atoms with E-state index >= 15 is 0 Å². The van der Waals surface area contributed by atoms with E-state index in [-0.39, 0.29) is 5.82 Å². The van der Waals surface area contributed by atoms with Gasteiger partial charge in [0.05, 0.1) is 0 Å². The van der Waals surface area contributed by atoms with Gasteiger partial charge in [-0.1, -0.05) is 19.1 Å². The SMILES string of the molecule is CCc1cncc(C=O)c1-c1ccc(F)cc1. The second kappa shape index (κ2) is 4.87. The minimum absolute atomic E-state index is 0.284. The molecule has 0 bridgehead atoms. The number of benzene rings is 1. The predicted octanol–water partition coefficient (Wildman–Crippen LogP) is 3.26. The molecule has 0 saturated heterocycles. The van der Waals surface area contributed by atoms with Gasteiger partial charge in [0.15, 0.2) is 6.29 Å². The molecule has 0 saturated carbocycles. The molecule has 2 aromatic rings. The Labute approximate surface area is 99.1 Å². The average Bonchev–Trinajstić information content (AvgIpc) is 2.38. The third-order valence-corrected chi connectivity index (χ3v) is 2.69. The highest BCUT2D eigenvalue weighted by Gasteiger charge is 2.09. The predicted molar refractivity (Wildman–Crippen MR) is 64.4 cm³/mol. The molecule has 0 atom stereocenters. The molecule has 1 aromatic carbocycles. The summed E-state index contributed by atoms with van der Waals surface area (Å²) in [5.74, 6) is -0.284. The third kappa shape index (κ3) is 2.23. The zero-order chi connectivity index (χ0) is 12.3. The Kier molecular flexibility index (Phi) is 3.28. The first kappa shape index (κ1) is 11.5. The van der Waals surface area contributed by atoms with Crippen molar-refractivity contribution in [2.75, 3.05) is 0 Å². The van der Waals surface area contributed by atoms with Crippen molar-refractivity contribution in [2.45, 2.75) is 13.3 Å². The summed E-state index contributed by atoms with van der Waals surface area (Å²) in [5, 5.41) is 0. The van der Waals surface area contributed by atoms with E-state index in [1.54, 1.807) is 18.3 Å². The van der Waals surface area contributed by atoms with Gasteiger partial charge in [-0.3, -0.25) is 9.78 Å². The maximum atomic E-state index is 12.9. The van der Waals surface area contributed by atoms with Crippen LogP contribution in [0.15, 0.2) is 36.7 Å². The zero-order valence-corrected chi connectivity index (χ0v) is 9.48. The van der Waals surface area contributed by atoms with Crippen LogP contribution >= 0.6 is 0 Å². The number of rotatable bonds is 3. The molecule has 2 rings (SSSR count). The minimum atomic E-state index is -0.284. The monoisotopic (exact) mass is 229 g/mol. The first-order chi connectivity index (χ1) is 8.26. The topological polar surface area (TPSA) is 30.0 Å². The van der Waals surface area contributed by atoms with Crippen molar-refractivity contribution >= 4 is 6.29 Å². The number of hydrogen-bond donors (Lipinski definition) is 0. The van der Waals surface area contributed by atoms with E-state index in [9.17, 15) is 9.18 Å². The van der Waals surface area contributed by atoms with Gasteiger partial charge in [0.25, 0.3) is 0 Å². The molecule has 0 amide bonds. The van der Waals surface area contributed by atoms with E-state index in [0.717, 1.165) is 29.4 Å². The van der Waals surface area contributed by atoms with Crippen LogP contribution in [-0.4, -0.2) is 11.3 Å². The zero-order valence-electron chi connectivity index (χ0n) is 9.48. The first-order valence-electron chi connectivity index (χ1n) is 5.44. The van der Waals surface area contributed by atoms with Crippen molar-refractivity contribution in [3.05, 3.63) is 53.6 Å². The van der Waals surface area contributed by atoms with Gasteiger partial charge in [-0.05, 0) is 35.2 Å². The van der Waals surface area contributed by atoms with Crippen LogP contribution in [0.4, 0.5) is 4.39 Å². The summed E-state index contributed by atoms with van der Waals surface area (Å²) >= 11 is 0. The summed E-state index contributed by atoms with van der Waals surface area (Å²) < 4.78 is 12.9. The Hall–Kier alpha value is -2.03. The molecule has 0 spiro atoms. The summed E-state index contributed by atoms with van der Waals surface area (Å²) in [4.78, 5) is 15.0. The summed E-state index contributed by atoms with van der Waals surface area (Å²) in [6.45, 7) is 2.00. The molecule has 1 aromatic heterocycles. The van der Waals surface area contributed by atoms with Crippen LogP contribution in [0.2, 0.25) is 0 Å². The van der Waals surface area contributed by atoms with E-state index in [4.69, 9.17) is 0 Å². The smallest absolute Gasteiger partial charge is 0.152 e. The van der Waals surface area contributed by atoms with Crippen molar-refractivity contribution in [3.63, 3.8) is 0 Å². The van der Waals surface area contributed by atoms with Gasteiger partial charge in [0.2, 0.25) is 0 Å². The lowest BCUT2D eigenvalue weighted by molar-refractivity contribution is 0.112. The molecular weight excluding hydrogens is 217 g/mol. The maximum absolute atomic E-state index is 12.9. The lowest BCUT2D eigenvalue weighted by Crippen LogP contribution is -1.96. The van der Waals surface area contributed by atoms with Gasteiger partial charge >= 0.3 is 0 Å². The molecule has 1 heterocycles. The van der Waals surface area contributed by atoms with Gasteiger partial charge < -0.3 is 0 Å². The number of aldehydes is 1. The Morgan fingerprint density at radius 1 is 1.24 bits per heavy atom. The Bertz CT molecular complexity index is 534. The van der Waals surface area contributed by atoms with Crippen LogP contribution < -0.4 is 0 Å². The average molecular weight is 229 g/mol. The van der Waals surface area contributed by atoms with E-state index < -0.39 is 0 Å². The number of aryl methyl sites for hydroxylation is 1. The molecule has 0 radical (unpaired) electrons. The highest BCUT2D eigenvalue weighted by atomic mass is 19.1. The Morgan fingerprint density at radius 2 is 1.94 bits per heavy atom. The fraction of sp³-hybridized carbons (Fsp3) is 0.143. The van der Waals surface area contributed by atoms with E-state index in [0.29, 0.717) is 5.56 Å². The number of nitrogens with zero attached hydrogens (tertiary/aromatic N) is 1. The van der Waals surface area contributed by atoms with Gasteiger partial charge in [0.1, 0.15) is 5.82 Å². The molecule has 2 nitrogen and oxygen atoms in total. The molecular formula is C14H12FNO. The van der Waals surface area contributed by atoms with Gasteiger partial charge in [0, 0.05) is 18.0 Å². The number of hydrogen-bond acceptors (Lipinski definition) is 2. The van der Waals surface area contributed by atoms with Gasteiger partial charge in [-0.2, -0.15) is 0 Å². The summed E-state index contributed by atoms with van der Waals surface area (Å²) in [5.41, 5.74) is 3.21. The largest absolute Gasteiger partial charge is 0.298 e. The van der Waals surface area contributed by atoms with Crippen LogP contribution in [0.5, 0.6) is 0 Å². The molecule has 0 N–H and O–H groups in total. The molecule has 0 aliphatic carbocycles. The molecule has 3 heteroatoms. The van der Waals surface area contributed by atoms with Gasteiger partial charge in [-0.25, -0.2) is 4.39 Å². The van der Waals surface area contributed by atoms with E-state index in [1.165, 1.54) is 18.3 Å². The summed E-state index contributed by atoms with van der Waals surface area (Å²) in [6, 6.07) is 6.14. The fourth-order valence-corrected chi connectivity index (χ4v) is 1.85. The molecule has 0 fully saturated rings. The number of pyridine rings is 1. The Balaban J connectivity index is 2.63. The van der Waals surface area contributed by atoms with E-state index in [1.807, 2.05) is 6.92 Å². The highest BCUT2D eigenvalue weighted by molar-refractivity contribution is 5.88. The fourth-order valence-electron chi connectivity index (χ4n) is 1.85. The summed E-state index contributed by atoms with van der Waals surface area (Å²) in [6.07, 6.45) is 4.84. The van der Waals surface area contributed by atoms with Crippen LogP contribution in [-0.2, 0) is 6.42 Å². The van der Waals surface area contributed by atoms with Crippen LogP contribution in [0.3, 0.4) is 0 Å². The Morgan fingerprint density at radius 3 is 2.53 bits per heavy atom. The lowest BCUT2D eigenvalue weighted by Gasteiger charge is -2.10. The van der Waals surface area contributed by atoms with Gasteiger partial charge in [-0.15, -0.1) is 0 Å². The molecule has 86 valence electrons. The first-order valence-corrected chi connectivity index (χ1v) is 5.44. The van der Waals surface area contributed by atoms with Crippen molar-refractivity contribution in [2.24, 2.45) is 0 Å². The van der Waals surface area contributed by atoms with Crippen LogP contribution in [0.1, 0.15) is 22.8 Å². The van der Waals surface area contributed by atoms with Crippen molar-refractivity contribution < 1.29 is 9.18 Å². The lowest BCUT2D eigenvalue weighted by atomic mass is 9.96. The normalized spacial score (nSPS) is 10.2. The molecule has 0 aliphatic heterocycles. The number of aromatic nitrogens is 1. The third-order valence-electron chi connectivity index (χ3n) is 2.69. The van der Waals surface area contributed by atoms with Crippen LogP contribution in [0.25, 0.3) is 11.1 Å². The second-order valence-corrected chi connectivity index (χ2v) is 3.74.